The Kier molecular flexibility index (Phi) is 8.24. The van der Waals surface area contributed by atoms with E-state index in [1.807, 2.05) is 18.7 Å². The molecule has 1 aromatic carbocycles. The quantitative estimate of drug-likeness (QED) is 0.376. The van der Waals surface area contributed by atoms with Crippen LogP contribution in [-0.4, -0.2) is 73.6 Å². The van der Waals surface area contributed by atoms with E-state index >= 15 is 0 Å². The second kappa shape index (κ2) is 11.6. The maximum absolute atomic E-state index is 14.9. The number of alkyl halides is 1. The number of nitrogens with zero attached hydrogens (tertiary/aromatic N) is 4. The molecule has 0 bridgehead atoms. The number of aliphatic hydroxyl groups excluding tert-OH is 1. The molecule has 5 rings (SSSR count). The number of rotatable bonds is 9. The number of sulfonamides is 1. The topological polar surface area (TPSA) is 128 Å². The van der Waals surface area contributed by atoms with Gasteiger partial charge in [-0.3, -0.25) is 9.52 Å². The summed E-state index contributed by atoms with van der Waals surface area (Å²) in [5.74, 6) is 0.0138. The van der Waals surface area contributed by atoms with Crippen LogP contribution in [0.25, 0.3) is 0 Å². The molecule has 0 atom stereocenters. The predicted octanol–water partition coefficient (Wildman–Crippen LogP) is 4.04. The number of carbonyl (C=O) groups is 1. The minimum Gasteiger partial charge on any atom is -0.395 e. The van der Waals surface area contributed by atoms with Crippen LogP contribution in [0.3, 0.4) is 0 Å². The lowest BCUT2D eigenvalue weighted by molar-refractivity contribution is 0.102. The molecule has 12 heteroatoms. The fraction of sp³-hybridized carbons (Fsp3) is 0.552. The number of aliphatic hydroxyl groups is 1. The molecular formula is C29H39FN6O4S. The van der Waals surface area contributed by atoms with Crippen LogP contribution in [0.15, 0.2) is 36.4 Å². The number of hydrogen-bond donors (Lipinski definition) is 3. The van der Waals surface area contributed by atoms with Gasteiger partial charge in [-0.2, -0.15) is 4.98 Å². The molecule has 2 aromatic rings. The highest BCUT2D eigenvalue weighted by Crippen LogP contribution is 2.54. The number of halogens is 1. The van der Waals surface area contributed by atoms with Gasteiger partial charge in [0.2, 0.25) is 16.0 Å². The van der Waals surface area contributed by atoms with Gasteiger partial charge in [-0.25, -0.2) is 17.8 Å². The molecular weight excluding hydrogens is 547 g/mol. The molecule has 2 saturated heterocycles. The molecule has 3 aliphatic rings. The zero-order valence-corrected chi connectivity index (χ0v) is 24.5. The molecule has 41 heavy (non-hydrogen) atoms. The van der Waals surface area contributed by atoms with E-state index in [0.29, 0.717) is 65.7 Å². The third kappa shape index (κ3) is 6.98. The van der Waals surface area contributed by atoms with Crippen molar-refractivity contribution in [2.75, 3.05) is 58.4 Å². The van der Waals surface area contributed by atoms with E-state index in [1.165, 1.54) is 12.8 Å². The Morgan fingerprint density at radius 2 is 1.73 bits per heavy atom. The second-order valence-corrected chi connectivity index (χ2v) is 13.4. The average Bonchev–Trinajstić information content (AvgIpc) is 3.67. The van der Waals surface area contributed by atoms with Crippen molar-refractivity contribution in [2.24, 2.45) is 5.41 Å². The minimum absolute atomic E-state index is 0.337. The van der Waals surface area contributed by atoms with Crippen molar-refractivity contribution in [2.45, 2.75) is 58.0 Å². The molecule has 10 nitrogen and oxygen atoms in total. The lowest BCUT2D eigenvalue weighted by Crippen LogP contribution is -2.41. The van der Waals surface area contributed by atoms with Gasteiger partial charge in [0.05, 0.1) is 29.3 Å². The number of nitrogens with one attached hydrogen (secondary N) is 2. The van der Waals surface area contributed by atoms with Crippen molar-refractivity contribution >= 4 is 39.1 Å². The van der Waals surface area contributed by atoms with E-state index in [0.717, 1.165) is 25.9 Å². The largest absolute Gasteiger partial charge is 0.395 e. The first-order valence-corrected chi connectivity index (χ1v) is 15.9. The Morgan fingerprint density at radius 1 is 1.05 bits per heavy atom. The number of allylic oxidation sites excluding steroid dienone is 2. The number of piperidine rings is 2. The van der Waals surface area contributed by atoms with E-state index < -0.39 is 28.1 Å². The molecule has 222 valence electrons. The van der Waals surface area contributed by atoms with Crippen LogP contribution in [-0.2, 0) is 10.0 Å². The van der Waals surface area contributed by atoms with E-state index in [2.05, 4.69) is 24.9 Å². The smallest absolute Gasteiger partial charge is 0.258 e. The Balaban J connectivity index is 1.37. The predicted molar refractivity (Wildman–Crippen MR) is 159 cm³/mol. The summed E-state index contributed by atoms with van der Waals surface area (Å²) in [6.45, 7) is 5.64. The molecule has 1 amide bonds. The molecule has 1 aromatic heterocycles. The molecule has 1 aliphatic carbocycles. The number of amides is 1. The van der Waals surface area contributed by atoms with E-state index in [-0.39, 0.29) is 5.91 Å². The SMILES string of the molecule is C/C=C/C1(F)CCN(c2nc(C)cc(NC(=O)c3ccc(NS(=O)(=O)CCO)cc3N3CCC4(CC3)CC4)n2)CC1. The molecule has 3 N–H and O–H groups in total. The number of anilines is 4. The summed E-state index contributed by atoms with van der Waals surface area (Å²) in [6.07, 6.45) is 8.58. The lowest BCUT2D eigenvalue weighted by atomic mass is 9.93. The average molecular weight is 587 g/mol. The number of hydrogen-bond acceptors (Lipinski definition) is 8. The van der Waals surface area contributed by atoms with Crippen LogP contribution in [0.4, 0.5) is 27.5 Å². The molecule has 1 spiro atoms. The van der Waals surface area contributed by atoms with Gasteiger partial charge in [-0.15, -0.1) is 0 Å². The first kappa shape index (κ1) is 29.2. The third-order valence-corrected chi connectivity index (χ3v) is 9.69. The standard InChI is InChI=1S/C29H39FN6O4S/c1-3-6-29(30)11-15-36(16-12-29)27-31-21(2)19-25(33-27)32-26(38)23-5-4-22(34-41(39,40)18-17-37)20-24(23)35-13-9-28(7-8-28)10-14-35/h3-6,19-20,34,37H,7-18H2,1-2H3,(H,31,32,33,38)/b6-3+. The zero-order valence-electron chi connectivity index (χ0n) is 23.7. The summed E-state index contributed by atoms with van der Waals surface area (Å²) in [4.78, 5) is 26.8. The number of aryl methyl sites for hydroxylation is 1. The molecule has 1 saturated carbocycles. The summed E-state index contributed by atoms with van der Waals surface area (Å²) in [6, 6.07) is 6.55. The van der Waals surface area contributed by atoms with E-state index in [1.54, 1.807) is 36.4 Å². The fourth-order valence-electron chi connectivity index (χ4n) is 5.78. The highest BCUT2D eigenvalue weighted by Gasteiger charge is 2.44. The Labute approximate surface area is 241 Å². The molecule has 0 unspecified atom stereocenters. The zero-order chi connectivity index (χ0) is 29.3. The van der Waals surface area contributed by atoms with Crippen LogP contribution >= 0.6 is 0 Å². The summed E-state index contributed by atoms with van der Waals surface area (Å²) >= 11 is 0. The first-order valence-electron chi connectivity index (χ1n) is 14.3. The van der Waals surface area contributed by atoms with Crippen molar-refractivity contribution in [3.8, 4) is 0 Å². The summed E-state index contributed by atoms with van der Waals surface area (Å²) in [5, 5.41) is 12.0. The second-order valence-electron chi connectivity index (χ2n) is 11.5. The van der Waals surface area contributed by atoms with Crippen molar-refractivity contribution in [1.29, 1.82) is 0 Å². The highest BCUT2D eigenvalue weighted by molar-refractivity contribution is 7.92. The van der Waals surface area contributed by atoms with Gasteiger partial charge >= 0.3 is 0 Å². The van der Waals surface area contributed by atoms with Crippen LogP contribution in [0.5, 0.6) is 0 Å². The minimum atomic E-state index is -3.72. The summed E-state index contributed by atoms with van der Waals surface area (Å²) in [5.41, 5.74) is 1.17. The number of aromatic nitrogens is 2. The molecule has 3 heterocycles. The van der Waals surface area contributed by atoms with Crippen molar-refractivity contribution in [3.63, 3.8) is 0 Å². The normalized spacial score (nSPS) is 19.9. The van der Waals surface area contributed by atoms with Crippen LogP contribution < -0.4 is 19.8 Å². The Bertz CT molecular complexity index is 1410. The Morgan fingerprint density at radius 3 is 2.37 bits per heavy atom. The van der Waals surface area contributed by atoms with Crippen molar-refractivity contribution in [1.82, 2.24) is 9.97 Å². The number of benzene rings is 1. The maximum Gasteiger partial charge on any atom is 0.258 e. The Hall–Kier alpha value is -3.25. The highest BCUT2D eigenvalue weighted by atomic mass is 32.2. The van der Waals surface area contributed by atoms with Gasteiger partial charge in [-0.05, 0) is 63.1 Å². The lowest BCUT2D eigenvalue weighted by Gasteiger charge is -2.35. The van der Waals surface area contributed by atoms with Gasteiger partial charge in [0, 0.05) is 50.8 Å². The summed E-state index contributed by atoms with van der Waals surface area (Å²) in [7, 11) is -3.72. The van der Waals surface area contributed by atoms with E-state index in [9.17, 15) is 17.6 Å². The molecule has 0 radical (unpaired) electrons. The van der Waals surface area contributed by atoms with Crippen LogP contribution in [0.1, 0.15) is 61.5 Å². The van der Waals surface area contributed by atoms with Crippen molar-refractivity contribution in [3.05, 3.63) is 47.7 Å². The van der Waals surface area contributed by atoms with Gasteiger partial charge in [0.15, 0.2) is 0 Å². The van der Waals surface area contributed by atoms with Gasteiger partial charge in [0.25, 0.3) is 5.91 Å². The van der Waals surface area contributed by atoms with Crippen molar-refractivity contribution < 1.29 is 22.7 Å². The van der Waals surface area contributed by atoms with Gasteiger partial charge in [-0.1, -0.05) is 12.2 Å². The monoisotopic (exact) mass is 586 g/mol. The third-order valence-electron chi connectivity index (χ3n) is 8.42. The number of carbonyl (C=O) groups excluding carboxylic acids is 1. The van der Waals surface area contributed by atoms with Crippen LogP contribution in [0, 0.1) is 12.3 Å². The van der Waals surface area contributed by atoms with Crippen LogP contribution in [0.2, 0.25) is 0 Å². The first-order chi connectivity index (χ1) is 19.5. The molecule has 3 fully saturated rings. The fourth-order valence-corrected chi connectivity index (χ4v) is 6.61. The maximum atomic E-state index is 14.9. The van der Waals surface area contributed by atoms with Gasteiger partial charge < -0.3 is 20.2 Å². The molecule has 2 aliphatic heterocycles. The van der Waals surface area contributed by atoms with Gasteiger partial charge in [0.1, 0.15) is 11.5 Å². The van der Waals surface area contributed by atoms with E-state index in [4.69, 9.17) is 5.11 Å². The summed E-state index contributed by atoms with van der Waals surface area (Å²) < 4.78 is 42.0.